The van der Waals surface area contributed by atoms with Gasteiger partial charge in [-0.25, -0.2) is 15.2 Å². The number of nitrogens with two attached hydrogens (primary N) is 1. The van der Waals surface area contributed by atoms with Crippen molar-refractivity contribution in [2.24, 2.45) is 5.84 Å². The number of nitrogen functional groups attached to an aromatic ring is 1. The molecule has 1 aromatic rings. The summed E-state index contributed by atoms with van der Waals surface area (Å²) in [6.07, 6.45) is 0. The summed E-state index contributed by atoms with van der Waals surface area (Å²) in [7, 11) is 0. The van der Waals surface area contributed by atoms with Crippen LogP contribution in [0.3, 0.4) is 0 Å². The molecule has 0 saturated heterocycles. The molecular weight excluding hydrogens is 201 g/mol. The average Bonchev–Trinajstić information content (AvgIpc) is 1.95. The Kier molecular flexibility index (Phi) is 2.18. The highest BCUT2D eigenvalue weighted by molar-refractivity contribution is 9.10. The first-order chi connectivity index (χ1) is 4.74. The highest BCUT2D eigenvalue weighted by Gasteiger charge is 1.99. The molecule has 0 fully saturated rings. The number of halogens is 2. The molecule has 5 heteroatoms. The summed E-state index contributed by atoms with van der Waals surface area (Å²) in [5, 5.41) is 0. The summed E-state index contributed by atoms with van der Waals surface area (Å²) in [4.78, 5) is 3.70. The van der Waals surface area contributed by atoms with Crippen LogP contribution in [0.25, 0.3) is 0 Å². The van der Waals surface area contributed by atoms with Crippen LogP contribution in [0.4, 0.5) is 10.2 Å². The topological polar surface area (TPSA) is 50.9 Å². The normalized spacial score (nSPS) is 9.50. The van der Waals surface area contributed by atoms with E-state index in [9.17, 15) is 4.39 Å². The van der Waals surface area contributed by atoms with Crippen molar-refractivity contribution in [1.29, 1.82) is 0 Å². The first-order valence-corrected chi connectivity index (χ1v) is 3.32. The van der Waals surface area contributed by atoms with Crippen LogP contribution in [0.5, 0.6) is 0 Å². The van der Waals surface area contributed by atoms with Crippen molar-refractivity contribution in [2.45, 2.75) is 0 Å². The quantitative estimate of drug-likeness (QED) is 0.413. The van der Waals surface area contributed by atoms with Crippen molar-refractivity contribution >= 4 is 21.7 Å². The summed E-state index contributed by atoms with van der Waals surface area (Å²) in [6, 6.07) is 2.71. The Bertz CT molecular complexity index is 240. The van der Waals surface area contributed by atoms with E-state index < -0.39 is 5.82 Å². The molecule has 54 valence electrons. The molecule has 1 rings (SSSR count). The van der Waals surface area contributed by atoms with Gasteiger partial charge in [0.1, 0.15) is 10.4 Å². The lowest BCUT2D eigenvalue weighted by molar-refractivity contribution is 0.613. The molecule has 0 amide bonds. The Labute approximate surface area is 65.5 Å². The van der Waals surface area contributed by atoms with Crippen LogP contribution in [-0.2, 0) is 0 Å². The van der Waals surface area contributed by atoms with Gasteiger partial charge in [0.15, 0.2) is 5.82 Å². The third kappa shape index (κ3) is 1.43. The maximum atomic E-state index is 12.5. The maximum absolute atomic E-state index is 12.5. The van der Waals surface area contributed by atoms with Crippen LogP contribution in [0.15, 0.2) is 16.7 Å². The van der Waals surface area contributed by atoms with Gasteiger partial charge in [0.25, 0.3) is 0 Å². The van der Waals surface area contributed by atoms with Gasteiger partial charge in [0.05, 0.1) is 0 Å². The SMILES string of the molecule is NNc1ccc(F)c(Br)n1. The molecule has 0 aromatic carbocycles. The van der Waals surface area contributed by atoms with Crippen molar-refractivity contribution in [3.8, 4) is 0 Å². The first-order valence-electron chi connectivity index (χ1n) is 2.52. The summed E-state index contributed by atoms with van der Waals surface area (Å²) in [5.74, 6) is 5.03. The van der Waals surface area contributed by atoms with Crippen molar-refractivity contribution in [3.63, 3.8) is 0 Å². The molecule has 0 atom stereocenters. The molecule has 0 aliphatic carbocycles. The van der Waals surface area contributed by atoms with E-state index >= 15 is 0 Å². The van der Waals surface area contributed by atoms with E-state index in [2.05, 4.69) is 26.3 Å². The van der Waals surface area contributed by atoms with Gasteiger partial charge < -0.3 is 5.43 Å². The highest BCUT2D eigenvalue weighted by atomic mass is 79.9. The molecule has 1 heterocycles. The monoisotopic (exact) mass is 205 g/mol. The van der Waals surface area contributed by atoms with Gasteiger partial charge in [-0.2, -0.15) is 0 Å². The zero-order valence-electron chi connectivity index (χ0n) is 4.94. The molecule has 0 unspecified atom stereocenters. The van der Waals surface area contributed by atoms with Crippen molar-refractivity contribution < 1.29 is 4.39 Å². The molecule has 0 aliphatic heterocycles. The zero-order chi connectivity index (χ0) is 7.56. The van der Waals surface area contributed by atoms with Gasteiger partial charge in [-0.05, 0) is 28.1 Å². The molecule has 1 aromatic heterocycles. The van der Waals surface area contributed by atoms with Crippen molar-refractivity contribution in [1.82, 2.24) is 4.98 Å². The van der Waals surface area contributed by atoms with Crippen LogP contribution in [-0.4, -0.2) is 4.98 Å². The van der Waals surface area contributed by atoms with E-state index in [1.54, 1.807) is 0 Å². The Morgan fingerprint density at radius 3 is 2.80 bits per heavy atom. The van der Waals surface area contributed by atoms with Crippen LogP contribution in [0, 0.1) is 5.82 Å². The predicted octanol–water partition coefficient (Wildman–Crippen LogP) is 1.27. The highest BCUT2D eigenvalue weighted by Crippen LogP contribution is 2.13. The lowest BCUT2D eigenvalue weighted by Gasteiger charge is -1.98. The number of hydrazine groups is 1. The predicted molar refractivity (Wildman–Crippen MR) is 39.7 cm³/mol. The van der Waals surface area contributed by atoms with Crippen molar-refractivity contribution in [2.75, 3.05) is 5.43 Å². The number of hydrogen-bond donors (Lipinski definition) is 2. The molecule has 0 radical (unpaired) electrons. The molecule has 0 bridgehead atoms. The summed E-state index contributed by atoms with van der Waals surface area (Å²) in [5.41, 5.74) is 2.29. The second-order valence-corrected chi connectivity index (χ2v) is 2.36. The molecule has 0 spiro atoms. The number of rotatable bonds is 1. The third-order valence-electron chi connectivity index (χ3n) is 0.951. The van der Waals surface area contributed by atoms with Gasteiger partial charge >= 0.3 is 0 Å². The number of nitrogens with one attached hydrogen (secondary N) is 1. The van der Waals surface area contributed by atoms with Gasteiger partial charge in [-0.15, -0.1) is 0 Å². The Hall–Kier alpha value is -0.680. The number of anilines is 1. The van der Waals surface area contributed by atoms with Crippen LogP contribution in [0.1, 0.15) is 0 Å². The molecule has 0 saturated carbocycles. The standard InChI is InChI=1S/C5H5BrFN3/c6-5-3(7)1-2-4(9-5)10-8/h1-2H,8H2,(H,9,10). The third-order valence-corrected chi connectivity index (χ3v) is 1.51. The molecular formula is C5H5BrFN3. The van der Waals surface area contributed by atoms with Crippen LogP contribution >= 0.6 is 15.9 Å². The van der Waals surface area contributed by atoms with E-state index in [1.807, 2.05) is 0 Å². The first kappa shape index (κ1) is 7.43. The second kappa shape index (κ2) is 2.94. The summed E-state index contributed by atoms with van der Waals surface area (Å²) in [6.45, 7) is 0. The number of hydrogen-bond acceptors (Lipinski definition) is 3. The fourth-order valence-electron chi connectivity index (χ4n) is 0.498. The molecule has 10 heavy (non-hydrogen) atoms. The van der Waals surface area contributed by atoms with E-state index in [1.165, 1.54) is 12.1 Å². The van der Waals surface area contributed by atoms with E-state index in [0.29, 0.717) is 5.82 Å². The fraction of sp³-hybridized carbons (Fsp3) is 0. The molecule has 3 nitrogen and oxygen atoms in total. The minimum absolute atomic E-state index is 0.156. The largest absolute Gasteiger partial charge is 0.308 e. The fourth-order valence-corrected chi connectivity index (χ4v) is 0.821. The van der Waals surface area contributed by atoms with Gasteiger partial charge in [0.2, 0.25) is 0 Å². The van der Waals surface area contributed by atoms with Crippen molar-refractivity contribution in [3.05, 3.63) is 22.6 Å². The van der Waals surface area contributed by atoms with E-state index in [0.717, 1.165) is 0 Å². The zero-order valence-corrected chi connectivity index (χ0v) is 6.52. The number of nitrogens with zero attached hydrogens (tertiary/aromatic N) is 1. The Morgan fingerprint density at radius 2 is 2.30 bits per heavy atom. The van der Waals surface area contributed by atoms with Crippen LogP contribution < -0.4 is 11.3 Å². The lowest BCUT2D eigenvalue weighted by atomic mass is 10.4. The second-order valence-electron chi connectivity index (χ2n) is 1.61. The Balaban J connectivity index is 3.04. The van der Waals surface area contributed by atoms with Gasteiger partial charge in [-0.3, -0.25) is 0 Å². The van der Waals surface area contributed by atoms with E-state index in [4.69, 9.17) is 5.84 Å². The molecule has 0 aliphatic rings. The Morgan fingerprint density at radius 1 is 1.60 bits per heavy atom. The maximum Gasteiger partial charge on any atom is 0.156 e. The summed E-state index contributed by atoms with van der Waals surface area (Å²) < 4.78 is 12.6. The van der Waals surface area contributed by atoms with E-state index in [-0.39, 0.29) is 4.60 Å². The van der Waals surface area contributed by atoms with Gasteiger partial charge in [-0.1, -0.05) is 0 Å². The van der Waals surface area contributed by atoms with Crippen LogP contribution in [0.2, 0.25) is 0 Å². The summed E-state index contributed by atoms with van der Waals surface area (Å²) >= 11 is 2.91. The minimum Gasteiger partial charge on any atom is -0.308 e. The average molecular weight is 206 g/mol. The minimum atomic E-state index is -0.404. The smallest absolute Gasteiger partial charge is 0.156 e. The molecule has 3 N–H and O–H groups in total. The van der Waals surface area contributed by atoms with Gasteiger partial charge in [0, 0.05) is 0 Å². The lowest BCUT2D eigenvalue weighted by Crippen LogP contribution is -2.08. The number of aromatic nitrogens is 1. The number of pyridine rings is 1.